The lowest BCUT2D eigenvalue weighted by atomic mass is 10.2. The highest BCUT2D eigenvalue weighted by Crippen LogP contribution is 2.18. The fourth-order valence-corrected chi connectivity index (χ4v) is 4.17. The Balaban J connectivity index is 0.00000220. The lowest BCUT2D eigenvalue weighted by Gasteiger charge is -2.24. The van der Waals surface area contributed by atoms with Gasteiger partial charge in [0, 0.05) is 23.2 Å². The smallest absolute Gasteiger partial charge is 0.191 e. The first-order chi connectivity index (χ1) is 9.69. The Morgan fingerprint density at radius 1 is 1.43 bits per heavy atom. The van der Waals surface area contributed by atoms with Crippen molar-refractivity contribution in [2.45, 2.75) is 46.2 Å². The van der Waals surface area contributed by atoms with E-state index in [0.717, 1.165) is 23.2 Å². The number of guanidine groups is 1. The topological polar surface area (TPSA) is 49.3 Å². The summed E-state index contributed by atoms with van der Waals surface area (Å²) < 4.78 is 0. The number of thioether (sulfide) groups is 1. The second-order valence-corrected chi connectivity index (χ2v) is 7.43. The Morgan fingerprint density at radius 2 is 2.24 bits per heavy atom. The molecule has 0 aromatic carbocycles. The number of nitrogens with zero attached hydrogens (tertiary/aromatic N) is 2. The van der Waals surface area contributed by atoms with Crippen LogP contribution in [0.4, 0.5) is 0 Å². The quantitative estimate of drug-likeness (QED) is 0.429. The molecule has 0 aliphatic carbocycles. The summed E-state index contributed by atoms with van der Waals surface area (Å²) in [7, 11) is 0. The van der Waals surface area contributed by atoms with Crippen LogP contribution in [0.1, 0.15) is 35.3 Å². The predicted octanol–water partition coefficient (Wildman–Crippen LogP) is 3.33. The van der Waals surface area contributed by atoms with Gasteiger partial charge in [-0.15, -0.1) is 35.3 Å². The van der Waals surface area contributed by atoms with Gasteiger partial charge in [-0.3, -0.25) is 0 Å². The number of nitrogens with one attached hydrogen (secondary N) is 2. The minimum absolute atomic E-state index is 0. The third kappa shape index (κ3) is 6.32. The first-order valence-electron chi connectivity index (χ1n) is 7.24. The number of halogens is 1. The van der Waals surface area contributed by atoms with Gasteiger partial charge in [0.15, 0.2) is 5.96 Å². The Bertz CT molecular complexity index is 456. The lowest BCUT2D eigenvalue weighted by molar-refractivity contribution is 0.582. The van der Waals surface area contributed by atoms with E-state index >= 15 is 0 Å². The molecule has 120 valence electrons. The van der Waals surface area contributed by atoms with Gasteiger partial charge < -0.3 is 10.6 Å². The molecule has 0 bridgehead atoms. The zero-order chi connectivity index (χ0) is 14.4. The number of hydrogen-bond donors (Lipinski definition) is 2. The van der Waals surface area contributed by atoms with Crippen molar-refractivity contribution in [1.82, 2.24) is 15.6 Å². The Kier molecular flexibility index (Phi) is 8.96. The molecular weight excluding hydrogens is 415 g/mol. The molecule has 2 N–H and O–H groups in total. The summed E-state index contributed by atoms with van der Waals surface area (Å²) in [5, 5.41) is 8.02. The second kappa shape index (κ2) is 9.89. The number of aliphatic imine (C=N–C) groups is 1. The molecule has 1 aromatic rings. The van der Waals surface area contributed by atoms with Crippen LogP contribution < -0.4 is 10.6 Å². The van der Waals surface area contributed by atoms with Crippen molar-refractivity contribution < 1.29 is 0 Å². The molecule has 2 heterocycles. The minimum Gasteiger partial charge on any atom is -0.357 e. The van der Waals surface area contributed by atoms with Crippen molar-refractivity contribution in [2.24, 2.45) is 4.99 Å². The molecule has 0 spiro atoms. The van der Waals surface area contributed by atoms with Gasteiger partial charge in [-0.1, -0.05) is 0 Å². The molecule has 1 aliphatic heterocycles. The lowest BCUT2D eigenvalue weighted by Crippen LogP contribution is -2.45. The summed E-state index contributed by atoms with van der Waals surface area (Å²) in [5.41, 5.74) is 1.11. The van der Waals surface area contributed by atoms with Crippen LogP contribution in [0, 0.1) is 13.8 Å². The Labute approximate surface area is 153 Å². The van der Waals surface area contributed by atoms with E-state index in [9.17, 15) is 0 Å². The molecule has 0 radical (unpaired) electrons. The molecule has 2 rings (SSSR count). The van der Waals surface area contributed by atoms with Crippen LogP contribution in [0.5, 0.6) is 0 Å². The maximum Gasteiger partial charge on any atom is 0.191 e. The van der Waals surface area contributed by atoms with Crippen LogP contribution in [0.2, 0.25) is 0 Å². The van der Waals surface area contributed by atoms with Crippen molar-refractivity contribution in [3.05, 3.63) is 15.6 Å². The van der Waals surface area contributed by atoms with E-state index in [4.69, 9.17) is 4.99 Å². The molecule has 1 saturated heterocycles. The SMILES string of the molecule is CCNC(=NCc1sc(C)nc1C)NC1CCCSC1.I. The average molecular weight is 440 g/mol. The fraction of sp³-hybridized carbons (Fsp3) is 0.714. The highest BCUT2D eigenvalue weighted by atomic mass is 127. The molecule has 1 atom stereocenters. The second-order valence-electron chi connectivity index (χ2n) is 5.00. The first-order valence-corrected chi connectivity index (χ1v) is 9.21. The van der Waals surface area contributed by atoms with Crippen LogP contribution in [0.15, 0.2) is 4.99 Å². The number of hydrogen-bond acceptors (Lipinski definition) is 4. The standard InChI is InChI=1S/C14H24N4S2.HI/c1-4-15-14(18-12-6-5-7-19-9-12)16-8-13-10(2)17-11(3)20-13;/h12H,4-9H2,1-3H3,(H2,15,16,18);1H. The van der Waals surface area contributed by atoms with Crippen molar-refractivity contribution in [3.63, 3.8) is 0 Å². The van der Waals surface area contributed by atoms with Crippen LogP contribution in [0.25, 0.3) is 0 Å². The van der Waals surface area contributed by atoms with E-state index < -0.39 is 0 Å². The van der Waals surface area contributed by atoms with Crippen molar-refractivity contribution in [3.8, 4) is 0 Å². The summed E-state index contributed by atoms with van der Waals surface area (Å²) in [6.07, 6.45) is 2.55. The van der Waals surface area contributed by atoms with Crippen LogP contribution in [-0.2, 0) is 6.54 Å². The number of thiazole rings is 1. The molecule has 7 heteroatoms. The molecular formula is C14H25IN4S2. The van der Waals surface area contributed by atoms with E-state index in [1.165, 1.54) is 29.2 Å². The average Bonchev–Trinajstić information content (AvgIpc) is 2.76. The molecule has 1 aliphatic rings. The van der Waals surface area contributed by atoms with Crippen molar-refractivity contribution >= 4 is 53.0 Å². The third-order valence-corrected chi connectivity index (χ3v) is 5.50. The maximum atomic E-state index is 4.71. The summed E-state index contributed by atoms with van der Waals surface area (Å²) in [6, 6.07) is 0.552. The summed E-state index contributed by atoms with van der Waals surface area (Å²) in [5.74, 6) is 3.42. The Morgan fingerprint density at radius 3 is 2.81 bits per heavy atom. The van der Waals surface area contributed by atoms with Gasteiger partial charge in [0.05, 0.1) is 17.2 Å². The minimum atomic E-state index is 0. The number of aryl methyl sites for hydroxylation is 2. The van der Waals surface area contributed by atoms with Gasteiger partial charge in [-0.25, -0.2) is 9.98 Å². The van der Waals surface area contributed by atoms with E-state index in [2.05, 4.69) is 29.5 Å². The summed E-state index contributed by atoms with van der Waals surface area (Å²) in [6.45, 7) is 7.83. The largest absolute Gasteiger partial charge is 0.357 e. The molecule has 0 amide bonds. The van der Waals surface area contributed by atoms with Gasteiger partial charge in [-0.05, 0) is 39.4 Å². The molecule has 1 unspecified atom stereocenters. The van der Waals surface area contributed by atoms with E-state index in [1.807, 2.05) is 18.7 Å². The van der Waals surface area contributed by atoms with Crippen molar-refractivity contribution in [2.75, 3.05) is 18.1 Å². The van der Waals surface area contributed by atoms with Gasteiger partial charge in [0.25, 0.3) is 0 Å². The summed E-state index contributed by atoms with van der Waals surface area (Å²) >= 11 is 3.77. The number of aromatic nitrogens is 1. The van der Waals surface area contributed by atoms with Crippen LogP contribution in [-0.4, -0.2) is 35.0 Å². The van der Waals surface area contributed by atoms with E-state index in [1.54, 1.807) is 11.3 Å². The number of rotatable bonds is 4. The normalized spacial score (nSPS) is 19.0. The van der Waals surface area contributed by atoms with Crippen LogP contribution >= 0.6 is 47.1 Å². The highest BCUT2D eigenvalue weighted by molar-refractivity contribution is 14.0. The van der Waals surface area contributed by atoms with Crippen LogP contribution in [0.3, 0.4) is 0 Å². The zero-order valence-corrected chi connectivity index (χ0v) is 16.9. The fourth-order valence-electron chi connectivity index (χ4n) is 2.24. The van der Waals surface area contributed by atoms with Gasteiger partial charge in [0.1, 0.15) is 0 Å². The summed E-state index contributed by atoms with van der Waals surface area (Å²) in [4.78, 5) is 10.4. The Hall–Kier alpha value is -0.0200. The zero-order valence-electron chi connectivity index (χ0n) is 12.9. The van der Waals surface area contributed by atoms with E-state index in [0.29, 0.717) is 12.6 Å². The molecule has 1 fully saturated rings. The van der Waals surface area contributed by atoms with Crippen molar-refractivity contribution in [1.29, 1.82) is 0 Å². The van der Waals surface area contributed by atoms with Gasteiger partial charge in [0.2, 0.25) is 0 Å². The monoisotopic (exact) mass is 440 g/mol. The van der Waals surface area contributed by atoms with Gasteiger partial charge in [-0.2, -0.15) is 11.8 Å². The highest BCUT2D eigenvalue weighted by Gasteiger charge is 2.14. The predicted molar refractivity (Wildman–Crippen MR) is 105 cm³/mol. The molecule has 1 aromatic heterocycles. The third-order valence-electron chi connectivity index (χ3n) is 3.23. The molecule has 4 nitrogen and oxygen atoms in total. The van der Waals surface area contributed by atoms with Gasteiger partial charge >= 0.3 is 0 Å². The first kappa shape index (κ1) is 19.0. The molecule has 21 heavy (non-hydrogen) atoms. The van der Waals surface area contributed by atoms with E-state index in [-0.39, 0.29) is 24.0 Å². The maximum absolute atomic E-state index is 4.71. The molecule has 0 saturated carbocycles.